The predicted molar refractivity (Wildman–Crippen MR) is 86.6 cm³/mol. The molecule has 0 saturated heterocycles. The summed E-state index contributed by atoms with van der Waals surface area (Å²) in [6.07, 6.45) is 1.97. The van der Waals surface area contributed by atoms with Gasteiger partial charge in [-0.15, -0.1) is 0 Å². The van der Waals surface area contributed by atoms with Gasteiger partial charge in [0.2, 0.25) is 5.91 Å². The van der Waals surface area contributed by atoms with Crippen LogP contribution in [0, 0.1) is 6.92 Å². The Balaban J connectivity index is 1.60. The number of hydrogen-bond acceptors (Lipinski definition) is 3. The quantitative estimate of drug-likeness (QED) is 0.646. The van der Waals surface area contributed by atoms with Crippen molar-refractivity contribution in [2.45, 2.75) is 13.3 Å². The molecule has 2 amide bonds. The summed E-state index contributed by atoms with van der Waals surface area (Å²) in [6.45, 7) is 1.80. The molecule has 0 spiro atoms. The van der Waals surface area contributed by atoms with Crippen LogP contribution in [0.2, 0.25) is 0 Å². The van der Waals surface area contributed by atoms with Crippen molar-refractivity contribution in [3.63, 3.8) is 0 Å². The van der Waals surface area contributed by atoms with E-state index in [0.717, 1.165) is 22.2 Å². The number of pyridine rings is 1. The molecule has 0 saturated carbocycles. The molecule has 0 fully saturated rings. The van der Waals surface area contributed by atoms with Crippen molar-refractivity contribution >= 4 is 22.7 Å². The summed E-state index contributed by atoms with van der Waals surface area (Å²) >= 11 is 0. The van der Waals surface area contributed by atoms with E-state index in [0.29, 0.717) is 0 Å². The maximum absolute atomic E-state index is 12.0. The number of amides is 2. The summed E-state index contributed by atoms with van der Waals surface area (Å²) in [4.78, 5) is 31.1. The number of hydrogen-bond donors (Lipinski definition) is 3. The van der Waals surface area contributed by atoms with Gasteiger partial charge in [-0.3, -0.25) is 20.4 Å². The highest BCUT2D eigenvalue weighted by atomic mass is 16.2. The molecule has 3 rings (SSSR count). The number of nitrogens with zero attached hydrogens (tertiary/aromatic N) is 1. The number of para-hydroxylation sites is 1. The molecule has 0 aliphatic heterocycles. The normalized spacial score (nSPS) is 10.5. The Hall–Kier alpha value is -3.15. The highest BCUT2D eigenvalue weighted by molar-refractivity contribution is 5.94. The Labute approximate surface area is 132 Å². The minimum atomic E-state index is -0.444. The van der Waals surface area contributed by atoms with Crippen LogP contribution in [0.1, 0.15) is 21.7 Å². The lowest BCUT2D eigenvalue weighted by Crippen LogP contribution is -2.42. The predicted octanol–water partition coefficient (Wildman–Crippen LogP) is 1.88. The van der Waals surface area contributed by atoms with Gasteiger partial charge in [-0.1, -0.05) is 24.3 Å². The molecule has 6 heteroatoms. The van der Waals surface area contributed by atoms with Crippen molar-refractivity contribution < 1.29 is 9.59 Å². The van der Waals surface area contributed by atoms with E-state index in [2.05, 4.69) is 20.8 Å². The summed E-state index contributed by atoms with van der Waals surface area (Å²) in [5.41, 5.74) is 7.64. The molecule has 0 aliphatic rings. The molecule has 0 unspecified atom stereocenters. The smallest absolute Gasteiger partial charge is 0.288 e. The van der Waals surface area contributed by atoms with Crippen molar-refractivity contribution in [1.82, 2.24) is 20.8 Å². The van der Waals surface area contributed by atoms with E-state index in [4.69, 9.17) is 0 Å². The van der Waals surface area contributed by atoms with Crippen molar-refractivity contribution in [2.24, 2.45) is 0 Å². The summed E-state index contributed by atoms with van der Waals surface area (Å²) in [7, 11) is 0. The molecule has 2 heterocycles. The van der Waals surface area contributed by atoms with E-state index in [1.54, 1.807) is 31.3 Å². The summed E-state index contributed by atoms with van der Waals surface area (Å²) in [6, 6.07) is 12.9. The van der Waals surface area contributed by atoms with Crippen LogP contribution in [0.5, 0.6) is 0 Å². The molecule has 1 aromatic carbocycles. The summed E-state index contributed by atoms with van der Waals surface area (Å²) in [5, 5.41) is 0.995. The third-order valence-electron chi connectivity index (χ3n) is 3.46. The number of benzene rings is 1. The van der Waals surface area contributed by atoms with Crippen molar-refractivity contribution in [3.8, 4) is 0 Å². The van der Waals surface area contributed by atoms with Crippen molar-refractivity contribution in [1.29, 1.82) is 0 Å². The molecular formula is C17H16N4O2. The molecule has 6 nitrogen and oxygen atoms in total. The fourth-order valence-corrected chi connectivity index (χ4v) is 2.36. The molecule has 0 aliphatic carbocycles. The van der Waals surface area contributed by atoms with E-state index in [1.807, 2.05) is 24.3 Å². The van der Waals surface area contributed by atoms with Gasteiger partial charge in [-0.25, -0.2) is 4.98 Å². The average Bonchev–Trinajstić information content (AvgIpc) is 2.96. The van der Waals surface area contributed by atoms with E-state index >= 15 is 0 Å². The number of nitrogens with one attached hydrogen (secondary N) is 3. The number of H-pyrrole nitrogens is 1. The zero-order valence-electron chi connectivity index (χ0n) is 12.6. The molecule has 2 aromatic heterocycles. The van der Waals surface area contributed by atoms with Gasteiger partial charge in [0.05, 0.1) is 6.42 Å². The van der Waals surface area contributed by atoms with Gasteiger partial charge >= 0.3 is 0 Å². The van der Waals surface area contributed by atoms with Crippen molar-refractivity contribution in [2.75, 3.05) is 0 Å². The third kappa shape index (κ3) is 3.37. The van der Waals surface area contributed by atoms with E-state index in [-0.39, 0.29) is 18.0 Å². The maximum atomic E-state index is 12.0. The number of carbonyl (C=O) groups excluding carboxylic acids is 2. The highest BCUT2D eigenvalue weighted by Crippen LogP contribution is 2.17. The highest BCUT2D eigenvalue weighted by Gasteiger charge is 2.11. The largest absolute Gasteiger partial charge is 0.361 e. The first-order valence-electron chi connectivity index (χ1n) is 7.21. The Kier molecular flexibility index (Phi) is 4.05. The first-order chi connectivity index (χ1) is 11.1. The lowest BCUT2D eigenvalue weighted by atomic mass is 10.1. The van der Waals surface area contributed by atoms with Gasteiger partial charge in [-0.2, -0.15) is 0 Å². The Morgan fingerprint density at radius 1 is 1.09 bits per heavy atom. The van der Waals surface area contributed by atoms with Crippen LogP contribution in [0.3, 0.4) is 0 Å². The van der Waals surface area contributed by atoms with Crippen LogP contribution in [0.15, 0.2) is 48.7 Å². The summed E-state index contributed by atoms with van der Waals surface area (Å²) < 4.78 is 0. The topological polar surface area (TPSA) is 86.9 Å². The van der Waals surface area contributed by atoms with Crippen LogP contribution < -0.4 is 10.9 Å². The first-order valence-corrected chi connectivity index (χ1v) is 7.21. The van der Waals surface area contributed by atoms with Gasteiger partial charge in [-0.05, 0) is 30.7 Å². The van der Waals surface area contributed by atoms with E-state index in [1.165, 1.54) is 0 Å². The fourth-order valence-electron chi connectivity index (χ4n) is 2.36. The number of aryl methyl sites for hydroxylation is 1. The molecular weight excluding hydrogens is 292 g/mol. The molecule has 116 valence electrons. The zero-order chi connectivity index (χ0) is 16.2. The summed E-state index contributed by atoms with van der Waals surface area (Å²) in [5.74, 6) is -0.739. The monoisotopic (exact) mass is 308 g/mol. The van der Waals surface area contributed by atoms with Crippen LogP contribution in [0.25, 0.3) is 10.9 Å². The minimum absolute atomic E-state index is 0.172. The average molecular weight is 308 g/mol. The Bertz CT molecular complexity index is 870. The number of carbonyl (C=O) groups is 2. The van der Waals surface area contributed by atoms with Gasteiger partial charge in [0, 0.05) is 22.8 Å². The number of hydrazine groups is 1. The fraction of sp³-hybridized carbons (Fsp3) is 0.118. The number of aromatic amines is 1. The number of rotatable bonds is 3. The van der Waals surface area contributed by atoms with E-state index in [9.17, 15) is 9.59 Å². The third-order valence-corrected chi connectivity index (χ3v) is 3.46. The SMILES string of the molecule is Cc1cccc(C(=O)NNC(=O)Cc2c[nH]c3ccccc23)n1. The second-order valence-corrected chi connectivity index (χ2v) is 5.20. The minimum Gasteiger partial charge on any atom is -0.361 e. The molecule has 0 radical (unpaired) electrons. The molecule has 3 N–H and O–H groups in total. The zero-order valence-corrected chi connectivity index (χ0v) is 12.6. The van der Waals surface area contributed by atoms with E-state index < -0.39 is 5.91 Å². The van der Waals surface area contributed by atoms with Gasteiger partial charge < -0.3 is 4.98 Å². The number of aromatic nitrogens is 2. The lowest BCUT2D eigenvalue weighted by Gasteiger charge is -2.07. The van der Waals surface area contributed by atoms with Crippen LogP contribution >= 0.6 is 0 Å². The molecule has 0 bridgehead atoms. The van der Waals surface area contributed by atoms with Crippen LogP contribution in [-0.4, -0.2) is 21.8 Å². The van der Waals surface area contributed by atoms with Crippen LogP contribution in [-0.2, 0) is 11.2 Å². The van der Waals surface area contributed by atoms with Gasteiger partial charge in [0.15, 0.2) is 0 Å². The number of fused-ring (bicyclic) bond motifs is 1. The van der Waals surface area contributed by atoms with Crippen molar-refractivity contribution in [3.05, 3.63) is 65.6 Å². The molecule has 0 atom stereocenters. The van der Waals surface area contributed by atoms with Crippen LogP contribution in [0.4, 0.5) is 0 Å². The first kappa shape index (κ1) is 14.8. The lowest BCUT2D eigenvalue weighted by molar-refractivity contribution is -0.121. The maximum Gasteiger partial charge on any atom is 0.288 e. The molecule has 23 heavy (non-hydrogen) atoms. The standard InChI is InChI=1S/C17H16N4O2/c1-11-5-4-8-15(19-11)17(23)21-20-16(22)9-12-10-18-14-7-3-2-6-13(12)14/h2-8,10,18H,9H2,1H3,(H,20,22)(H,21,23). The Morgan fingerprint density at radius 2 is 1.91 bits per heavy atom. The second kappa shape index (κ2) is 6.31. The molecule has 3 aromatic rings. The Morgan fingerprint density at radius 3 is 2.74 bits per heavy atom. The van der Waals surface area contributed by atoms with Gasteiger partial charge in [0.25, 0.3) is 5.91 Å². The van der Waals surface area contributed by atoms with Gasteiger partial charge in [0.1, 0.15) is 5.69 Å². The second-order valence-electron chi connectivity index (χ2n) is 5.20.